The summed E-state index contributed by atoms with van der Waals surface area (Å²) in [6, 6.07) is 7.24. The Hall–Kier alpha value is -2.79. The molecule has 5 heteroatoms. The zero-order chi connectivity index (χ0) is 19.1. The number of carbonyl (C=O) groups is 1. The Morgan fingerprint density at radius 2 is 1.73 bits per heavy atom. The zero-order valence-corrected chi connectivity index (χ0v) is 14.7. The van der Waals surface area contributed by atoms with Crippen LogP contribution in [0.5, 0.6) is 17.2 Å². The van der Waals surface area contributed by atoms with Gasteiger partial charge in [-0.1, -0.05) is 0 Å². The van der Waals surface area contributed by atoms with E-state index in [0.717, 1.165) is 5.56 Å². The topological polar surface area (TPSA) is 98.0 Å². The van der Waals surface area contributed by atoms with Gasteiger partial charge in [0.05, 0.1) is 5.60 Å². The molecule has 5 nitrogen and oxygen atoms in total. The van der Waals surface area contributed by atoms with Crippen molar-refractivity contribution in [3.05, 3.63) is 58.7 Å². The van der Waals surface area contributed by atoms with E-state index in [-0.39, 0.29) is 28.9 Å². The standard InChI is InChI=1S/C21H22O5/c1-21(2,26)13-9-16-15(6-8-19(24)17(16)10-13)18(23)7-4-12-3-5-14(22)11-20(12)25/h3-8,11,13,22,24-26H,9-10H2,1-2H3/b7-4+. The molecule has 0 saturated carbocycles. The van der Waals surface area contributed by atoms with E-state index in [1.165, 1.54) is 36.4 Å². The predicted molar refractivity (Wildman–Crippen MR) is 98.4 cm³/mol. The second kappa shape index (κ2) is 6.50. The number of fused-ring (bicyclic) bond motifs is 1. The van der Waals surface area contributed by atoms with Gasteiger partial charge in [0.2, 0.25) is 0 Å². The number of hydrogen-bond donors (Lipinski definition) is 4. The zero-order valence-electron chi connectivity index (χ0n) is 14.7. The van der Waals surface area contributed by atoms with E-state index in [0.29, 0.717) is 29.5 Å². The maximum Gasteiger partial charge on any atom is 0.186 e. The first-order chi connectivity index (χ1) is 12.2. The van der Waals surface area contributed by atoms with Crippen LogP contribution in [0.4, 0.5) is 0 Å². The van der Waals surface area contributed by atoms with Crippen LogP contribution in [-0.2, 0) is 12.8 Å². The van der Waals surface area contributed by atoms with E-state index < -0.39 is 5.60 Å². The fraction of sp³-hybridized carbons (Fsp3) is 0.286. The minimum Gasteiger partial charge on any atom is -0.508 e. The number of benzene rings is 2. The van der Waals surface area contributed by atoms with Gasteiger partial charge in [0.15, 0.2) is 5.78 Å². The molecule has 0 saturated heterocycles. The minimum atomic E-state index is -0.903. The van der Waals surface area contributed by atoms with E-state index in [9.17, 15) is 25.2 Å². The van der Waals surface area contributed by atoms with Gasteiger partial charge >= 0.3 is 0 Å². The fourth-order valence-corrected chi connectivity index (χ4v) is 3.37. The lowest BCUT2D eigenvalue weighted by Gasteiger charge is -2.24. The molecular weight excluding hydrogens is 332 g/mol. The lowest BCUT2D eigenvalue weighted by Crippen LogP contribution is -2.31. The number of aromatic hydroxyl groups is 3. The molecule has 2 aromatic carbocycles. The Morgan fingerprint density at radius 1 is 1.04 bits per heavy atom. The van der Waals surface area contributed by atoms with Crippen molar-refractivity contribution in [2.45, 2.75) is 32.3 Å². The second-order valence-corrected chi connectivity index (χ2v) is 7.29. The van der Waals surface area contributed by atoms with Crippen molar-refractivity contribution in [2.75, 3.05) is 0 Å². The van der Waals surface area contributed by atoms with Crippen LogP contribution in [-0.4, -0.2) is 31.8 Å². The van der Waals surface area contributed by atoms with Gasteiger partial charge in [-0.3, -0.25) is 4.79 Å². The molecule has 2 aromatic rings. The summed E-state index contributed by atoms with van der Waals surface area (Å²) in [5.41, 5.74) is 1.48. The monoisotopic (exact) mass is 354 g/mol. The van der Waals surface area contributed by atoms with E-state index in [2.05, 4.69) is 0 Å². The first-order valence-electron chi connectivity index (χ1n) is 8.47. The van der Waals surface area contributed by atoms with Crippen LogP contribution in [0.3, 0.4) is 0 Å². The van der Waals surface area contributed by atoms with Crippen LogP contribution >= 0.6 is 0 Å². The Labute approximate surface area is 151 Å². The SMILES string of the molecule is CC(C)(O)C1Cc2c(O)ccc(C(=O)/C=C/c3ccc(O)cc3O)c2C1. The first-order valence-corrected chi connectivity index (χ1v) is 8.47. The summed E-state index contributed by atoms with van der Waals surface area (Å²) in [5.74, 6) is -0.344. The highest BCUT2D eigenvalue weighted by molar-refractivity contribution is 6.08. The highest BCUT2D eigenvalue weighted by Gasteiger charge is 2.36. The molecule has 0 aromatic heterocycles. The molecule has 0 aliphatic heterocycles. The van der Waals surface area contributed by atoms with Crippen molar-refractivity contribution in [3.8, 4) is 17.2 Å². The van der Waals surface area contributed by atoms with E-state index >= 15 is 0 Å². The number of aliphatic hydroxyl groups is 1. The third kappa shape index (κ3) is 3.44. The summed E-state index contributed by atoms with van der Waals surface area (Å²) in [5, 5.41) is 39.5. The number of phenolic OH excluding ortho intramolecular Hbond substituents is 3. The fourth-order valence-electron chi connectivity index (χ4n) is 3.37. The molecular formula is C21H22O5. The van der Waals surface area contributed by atoms with Crippen LogP contribution < -0.4 is 0 Å². The van der Waals surface area contributed by atoms with Gasteiger partial charge in [0, 0.05) is 17.2 Å². The second-order valence-electron chi connectivity index (χ2n) is 7.29. The largest absolute Gasteiger partial charge is 0.508 e. The van der Waals surface area contributed by atoms with Crippen LogP contribution in [0.15, 0.2) is 36.4 Å². The van der Waals surface area contributed by atoms with Gasteiger partial charge in [-0.25, -0.2) is 0 Å². The van der Waals surface area contributed by atoms with Gasteiger partial charge in [-0.05, 0) is 80.2 Å². The van der Waals surface area contributed by atoms with Gasteiger partial charge in [0.25, 0.3) is 0 Å². The van der Waals surface area contributed by atoms with Crippen molar-refractivity contribution in [3.63, 3.8) is 0 Å². The molecule has 26 heavy (non-hydrogen) atoms. The summed E-state index contributed by atoms with van der Waals surface area (Å²) >= 11 is 0. The number of hydrogen-bond acceptors (Lipinski definition) is 5. The van der Waals surface area contributed by atoms with E-state index in [1.54, 1.807) is 19.9 Å². The molecule has 0 spiro atoms. The Kier molecular flexibility index (Phi) is 4.50. The molecule has 4 N–H and O–H groups in total. The number of allylic oxidation sites excluding steroid dienone is 1. The minimum absolute atomic E-state index is 0.0556. The van der Waals surface area contributed by atoms with Crippen molar-refractivity contribution >= 4 is 11.9 Å². The average Bonchev–Trinajstić information content (AvgIpc) is 3.00. The lowest BCUT2D eigenvalue weighted by atomic mass is 9.88. The van der Waals surface area contributed by atoms with E-state index in [4.69, 9.17) is 0 Å². The molecule has 1 aliphatic carbocycles. The van der Waals surface area contributed by atoms with Gasteiger partial charge in [-0.15, -0.1) is 0 Å². The molecule has 0 heterocycles. The Balaban J connectivity index is 1.90. The summed E-state index contributed by atoms with van der Waals surface area (Å²) in [6.45, 7) is 3.46. The predicted octanol–water partition coefficient (Wildman–Crippen LogP) is 3.19. The molecule has 1 unspecified atom stereocenters. The quantitative estimate of drug-likeness (QED) is 0.499. The van der Waals surface area contributed by atoms with Crippen molar-refractivity contribution in [2.24, 2.45) is 5.92 Å². The molecule has 1 aliphatic rings. The average molecular weight is 354 g/mol. The molecule has 1 atom stereocenters. The molecule has 136 valence electrons. The van der Waals surface area contributed by atoms with Crippen molar-refractivity contribution < 1.29 is 25.2 Å². The van der Waals surface area contributed by atoms with Gasteiger partial charge < -0.3 is 20.4 Å². The molecule has 0 radical (unpaired) electrons. The summed E-state index contributed by atoms with van der Waals surface area (Å²) < 4.78 is 0. The normalized spacial score (nSPS) is 16.8. The van der Waals surface area contributed by atoms with Crippen molar-refractivity contribution in [1.82, 2.24) is 0 Å². The lowest BCUT2D eigenvalue weighted by molar-refractivity contribution is 0.0213. The smallest absolute Gasteiger partial charge is 0.186 e. The Bertz CT molecular complexity index is 890. The maximum absolute atomic E-state index is 12.7. The highest BCUT2D eigenvalue weighted by atomic mass is 16.3. The summed E-state index contributed by atoms with van der Waals surface area (Å²) in [6.07, 6.45) is 3.88. The summed E-state index contributed by atoms with van der Waals surface area (Å²) in [4.78, 5) is 12.7. The van der Waals surface area contributed by atoms with Gasteiger partial charge in [0.1, 0.15) is 17.2 Å². The van der Waals surface area contributed by atoms with E-state index in [1.807, 2.05) is 0 Å². The first kappa shape index (κ1) is 18.0. The molecule has 0 fully saturated rings. The van der Waals surface area contributed by atoms with Crippen LogP contribution in [0, 0.1) is 5.92 Å². The highest BCUT2D eigenvalue weighted by Crippen LogP contribution is 2.40. The third-order valence-corrected chi connectivity index (χ3v) is 5.00. The third-order valence-electron chi connectivity index (χ3n) is 5.00. The number of ketones is 1. The number of rotatable bonds is 4. The van der Waals surface area contributed by atoms with Crippen LogP contribution in [0.1, 0.15) is 40.9 Å². The molecule has 3 rings (SSSR count). The maximum atomic E-state index is 12.7. The Morgan fingerprint density at radius 3 is 2.38 bits per heavy atom. The summed E-state index contributed by atoms with van der Waals surface area (Å²) in [7, 11) is 0. The van der Waals surface area contributed by atoms with Crippen LogP contribution in [0.2, 0.25) is 0 Å². The number of carbonyl (C=O) groups excluding carboxylic acids is 1. The van der Waals surface area contributed by atoms with Gasteiger partial charge in [-0.2, -0.15) is 0 Å². The molecule has 0 amide bonds. The van der Waals surface area contributed by atoms with Crippen LogP contribution in [0.25, 0.3) is 6.08 Å². The van der Waals surface area contributed by atoms with Crippen molar-refractivity contribution in [1.29, 1.82) is 0 Å². The molecule has 0 bridgehead atoms. The number of phenols is 3.